The van der Waals surface area contributed by atoms with Crippen molar-refractivity contribution >= 4 is 29.3 Å². The SMILES string of the molecule is CC(C(=O)NCC(C)(C)N)c1cc2ccccc2o1.Cl. The monoisotopic (exact) mass is 296 g/mol. The van der Waals surface area contributed by atoms with Crippen molar-refractivity contribution in [1.82, 2.24) is 5.32 Å². The van der Waals surface area contributed by atoms with Gasteiger partial charge in [-0.15, -0.1) is 12.4 Å². The summed E-state index contributed by atoms with van der Waals surface area (Å²) in [6.07, 6.45) is 0. The molecule has 0 aliphatic rings. The lowest BCUT2D eigenvalue weighted by Gasteiger charge is -2.20. The van der Waals surface area contributed by atoms with Gasteiger partial charge in [-0.25, -0.2) is 0 Å². The molecule has 1 atom stereocenters. The van der Waals surface area contributed by atoms with Crippen molar-refractivity contribution in [3.05, 3.63) is 36.1 Å². The number of hydrogen-bond acceptors (Lipinski definition) is 3. The molecule has 1 unspecified atom stereocenters. The van der Waals surface area contributed by atoms with Crippen molar-refractivity contribution < 1.29 is 9.21 Å². The van der Waals surface area contributed by atoms with Crippen LogP contribution in [0.2, 0.25) is 0 Å². The van der Waals surface area contributed by atoms with Gasteiger partial charge in [0, 0.05) is 17.5 Å². The van der Waals surface area contributed by atoms with Crippen molar-refractivity contribution in [3.63, 3.8) is 0 Å². The molecule has 0 saturated heterocycles. The van der Waals surface area contributed by atoms with Crippen molar-refractivity contribution in [2.24, 2.45) is 5.73 Å². The molecule has 3 N–H and O–H groups in total. The molecule has 0 saturated carbocycles. The molecule has 0 spiro atoms. The Morgan fingerprint density at radius 2 is 2.05 bits per heavy atom. The Morgan fingerprint density at radius 3 is 2.65 bits per heavy atom. The number of rotatable bonds is 4. The van der Waals surface area contributed by atoms with E-state index in [2.05, 4.69) is 5.32 Å². The number of hydrogen-bond donors (Lipinski definition) is 2. The maximum Gasteiger partial charge on any atom is 0.230 e. The fourth-order valence-electron chi connectivity index (χ4n) is 1.81. The van der Waals surface area contributed by atoms with E-state index in [-0.39, 0.29) is 24.2 Å². The van der Waals surface area contributed by atoms with Gasteiger partial charge in [0.05, 0.1) is 5.92 Å². The van der Waals surface area contributed by atoms with E-state index in [0.717, 1.165) is 11.0 Å². The molecule has 2 aromatic rings. The Kier molecular flexibility index (Phi) is 5.20. The summed E-state index contributed by atoms with van der Waals surface area (Å²) in [5.74, 6) is 0.279. The first-order chi connectivity index (χ1) is 8.87. The number of fused-ring (bicyclic) bond motifs is 1. The van der Waals surface area contributed by atoms with E-state index in [0.29, 0.717) is 12.3 Å². The quantitative estimate of drug-likeness (QED) is 0.911. The molecule has 1 aromatic heterocycles. The van der Waals surface area contributed by atoms with E-state index in [1.54, 1.807) is 0 Å². The number of benzene rings is 1. The summed E-state index contributed by atoms with van der Waals surface area (Å²) in [5.41, 5.74) is 6.23. The molecule has 0 radical (unpaired) electrons. The Hall–Kier alpha value is -1.52. The third-order valence-electron chi connectivity index (χ3n) is 2.98. The highest BCUT2D eigenvalue weighted by Crippen LogP contribution is 2.24. The number of nitrogens with two attached hydrogens (primary N) is 1. The van der Waals surface area contributed by atoms with Crippen LogP contribution in [0.4, 0.5) is 0 Å². The molecule has 1 heterocycles. The second kappa shape index (κ2) is 6.29. The summed E-state index contributed by atoms with van der Waals surface area (Å²) in [6.45, 7) is 6.02. The number of nitrogens with one attached hydrogen (secondary N) is 1. The van der Waals surface area contributed by atoms with E-state index >= 15 is 0 Å². The average Bonchev–Trinajstić information content (AvgIpc) is 2.77. The van der Waals surface area contributed by atoms with Gasteiger partial charge in [-0.2, -0.15) is 0 Å². The highest BCUT2D eigenvalue weighted by Gasteiger charge is 2.21. The second-order valence-corrected chi connectivity index (χ2v) is 5.61. The van der Waals surface area contributed by atoms with Crippen LogP contribution in [0.1, 0.15) is 32.4 Å². The molecular formula is C15H21ClN2O2. The lowest BCUT2D eigenvalue weighted by molar-refractivity contribution is -0.122. The average molecular weight is 297 g/mol. The van der Waals surface area contributed by atoms with E-state index in [4.69, 9.17) is 10.2 Å². The van der Waals surface area contributed by atoms with Crippen LogP contribution < -0.4 is 11.1 Å². The number of halogens is 1. The van der Waals surface area contributed by atoms with Gasteiger partial charge in [0.15, 0.2) is 0 Å². The molecule has 0 fully saturated rings. The van der Waals surface area contributed by atoms with Gasteiger partial charge >= 0.3 is 0 Å². The minimum Gasteiger partial charge on any atom is -0.460 e. The van der Waals surface area contributed by atoms with Crippen LogP contribution in [0.5, 0.6) is 0 Å². The zero-order chi connectivity index (χ0) is 14.0. The van der Waals surface area contributed by atoms with Crippen molar-refractivity contribution in [1.29, 1.82) is 0 Å². The zero-order valence-corrected chi connectivity index (χ0v) is 12.8. The third-order valence-corrected chi connectivity index (χ3v) is 2.98. The van der Waals surface area contributed by atoms with Crippen LogP contribution >= 0.6 is 12.4 Å². The highest BCUT2D eigenvalue weighted by atomic mass is 35.5. The predicted octanol–water partition coefficient (Wildman–Crippen LogP) is 2.81. The van der Waals surface area contributed by atoms with Gasteiger partial charge in [-0.3, -0.25) is 4.79 Å². The Morgan fingerprint density at radius 1 is 1.40 bits per heavy atom. The van der Waals surface area contributed by atoms with Gasteiger partial charge in [-0.1, -0.05) is 18.2 Å². The molecule has 0 bridgehead atoms. The van der Waals surface area contributed by atoms with Gasteiger partial charge < -0.3 is 15.5 Å². The topological polar surface area (TPSA) is 68.3 Å². The first-order valence-electron chi connectivity index (χ1n) is 6.42. The molecule has 20 heavy (non-hydrogen) atoms. The molecular weight excluding hydrogens is 276 g/mol. The normalized spacial score (nSPS) is 12.8. The Bertz CT molecular complexity index is 554. The second-order valence-electron chi connectivity index (χ2n) is 5.61. The first kappa shape index (κ1) is 16.5. The maximum absolute atomic E-state index is 12.0. The van der Waals surface area contributed by atoms with Gasteiger partial charge in [0.25, 0.3) is 0 Å². The molecule has 0 aliphatic heterocycles. The van der Waals surface area contributed by atoms with Crippen LogP contribution in [0, 0.1) is 0 Å². The Labute approximate surface area is 125 Å². The molecule has 2 rings (SSSR count). The smallest absolute Gasteiger partial charge is 0.230 e. The van der Waals surface area contributed by atoms with Crippen LogP contribution in [0.15, 0.2) is 34.7 Å². The fraction of sp³-hybridized carbons (Fsp3) is 0.400. The summed E-state index contributed by atoms with van der Waals surface area (Å²) in [4.78, 5) is 12.0. The molecule has 0 aliphatic carbocycles. The summed E-state index contributed by atoms with van der Waals surface area (Å²) in [5, 5.41) is 3.85. The van der Waals surface area contributed by atoms with Gasteiger partial charge in [0.1, 0.15) is 11.3 Å². The van der Waals surface area contributed by atoms with Crippen molar-refractivity contribution in [2.45, 2.75) is 32.2 Å². The number of carbonyl (C=O) groups is 1. The molecule has 1 amide bonds. The zero-order valence-electron chi connectivity index (χ0n) is 12.0. The van der Waals surface area contributed by atoms with Crippen LogP contribution in [0.3, 0.4) is 0 Å². The van der Waals surface area contributed by atoms with E-state index < -0.39 is 5.54 Å². The molecule has 5 heteroatoms. The third kappa shape index (κ3) is 3.99. The van der Waals surface area contributed by atoms with Crippen LogP contribution in [0.25, 0.3) is 11.0 Å². The highest BCUT2D eigenvalue weighted by molar-refractivity contribution is 5.85. The minimum atomic E-state index is -0.413. The van der Waals surface area contributed by atoms with Gasteiger partial charge in [0.2, 0.25) is 5.91 Å². The van der Waals surface area contributed by atoms with E-state index in [1.807, 2.05) is 51.1 Å². The molecule has 110 valence electrons. The summed E-state index contributed by atoms with van der Waals surface area (Å²) in [6, 6.07) is 9.64. The standard InChI is InChI=1S/C15H20N2O2.ClH/c1-10(14(18)17-9-15(2,3)16)13-8-11-6-4-5-7-12(11)19-13;/h4-8,10H,9,16H2,1-3H3,(H,17,18);1H. The number of amides is 1. The predicted molar refractivity (Wildman–Crippen MR) is 83.2 cm³/mol. The Balaban J connectivity index is 0.00000200. The molecule has 4 nitrogen and oxygen atoms in total. The summed E-state index contributed by atoms with van der Waals surface area (Å²) in [7, 11) is 0. The van der Waals surface area contributed by atoms with Crippen LogP contribution in [-0.2, 0) is 4.79 Å². The fourth-order valence-corrected chi connectivity index (χ4v) is 1.81. The minimum absolute atomic E-state index is 0. The van der Waals surface area contributed by atoms with E-state index in [1.165, 1.54) is 0 Å². The van der Waals surface area contributed by atoms with E-state index in [9.17, 15) is 4.79 Å². The largest absolute Gasteiger partial charge is 0.460 e. The number of para-hydroxylation sites is 1. The molecule has 1 aromatic carbocycles. The number of furan rings is 1. The lowest BCUT2D eigenvalue weighted by atomic mass is 10.1. The maximum atomic E-state index is 12.0. The van der Waals surface area contributed by atoms with Crippen LogP contribution in [-0.4, -0.2) is 18.0 Å². The summed E-state index contributed by atoms with van der Waals surface area (Å²) < 4.78 is 5.69. The lowest BCUT2D eigenvalue weighted by Crippen LogP contribution is -2.46. The van der Waals surface area contributed by atoms with Gasteiger partial charge in [-0.05, 0) is 32.9 Å². The first-order valence-corrected chi connectivity index (χ1v) is 6.42. The van der Waals surface area contributed by atoms with Crippen molar-refractivity contribution in [3.8, 4) is 0 Å². The number of carbonyl (C=O) groups excluding carboxylic acids is 1. The van der Waals surface area contributed by atoms with Crippen molar-refractivity contribution in [2.75, 3.05) is 6.54 Å². The summed E-state index contributed by atoms with van der Waals surface area (Å²) >= 11 is 0.